The van der Waals surface area contributed by atoms with E-state index in [2.05, 4.69) is 15.0 Å². The summed E-state index contributed by atoms with van der Waals surface area (Å²) in [5.41, 5.74) is -3.56. The van der Waals surface area contributed by atoms with Crippen LogP contribution in [0.5, 0.6) is 5.75 Å². The lowest BCUT2D eigenvalue weighted by atomic mass is 10.1. The van der Waals surface area contributed by atoms with Crippen LogP contribution in [0.4, 0.5) is 32.2 Å². The van der Waals surface area contributed by atoms with E-state index in [1.807, 2.05) is 4.90 Å². The standard InChI is InChI=1S/C22H25F6N5O3/c23-21(24,25)14-1-4-18(29-11-14)33-9-7-32(8-10-33)6-5-15-2-3-16(36-15)13-35-17-12-30-31-20(34)19(17)22(26,27)28/h1,4,11-12,15-16H,2-3,5-10,13H2,(H,31,34)/t15-,16-/m0/s1. The summed E-state index contributed by atoms with van der Waals surface area (Å²) in [6.45, 7) is 3.33. The summed E-state index contributed by atoms with van der Waals surface area (Å²) in [5.74, 6) is -0.118. The Balaban J connectivity index is 1.19. The smallest absolute Gasteiger partial charge is 0.425 e. The monoisotopic (exact) mass is 521 g/mol. The van der Waals surface area contributed by atoms with Gasteiger partial charge < -0.3 is 14.4 Å². The first kappa shape index (κ1) is 26.2. The predicted octanol–water partition coefficient (Wildman–Crippen LogP) is 3.34. The second-order valence-corrected chi connectivity index (χ2v) is 8.72. The van der Waals surface area contributed by atoms with E-state index in [9.17, 15) is 31.1 Å². The van der Waals surface area contributed by atoms with Gasteiger partial charge in [-0.2, -0.15) is 31.4 Å². The zero-order chi connectivity index (χ0) is 25.9. The molecule has 2 atom stereocenters. The van der Waals surface area contributed by atoms with Gasteiger partial charge in [-0.15, -0.1) is 0 Å². The molecule has 2 aromatic heterocycles. The molecule has 4 rings (SSSR count). The summed E-state index contributed by atoms with van der Waals surface area (Å²) < 4.78 is 88.6. The Hall–Kier alpha value is -2.87. The Bertz CT molecular complexity index is 1070. The number of hydrogen-bond donors (Lipinski definition) is 1. The van der Waals surface area contributed by atoms with Gasteiger partial charge >= 0.3 is 12.4 Å². The first-order chi connectivity index (χ1) is 17.0. The van der Waals surface area contributed by atoms with Crippen LogP contribution in [0.15, 0.2) is 29.3 Å². The maximum atomic E-state index is 13.1. The van der Waals surface area contributed by atoms with Crippen LogP contribution in [0, 0.1) is 0 Å². The predicted molar refractivity (Wildman–Crippen MR) is 116 cm³/mol. The number of aromatic amines is 1. The number of aromatic nitrogens is 3. The molecule has 4 heterocycles. The molecule has 2 aliphatic heterocycles. The molecule has 14 heteroatoms. The largest absolute Gasteiger partial charge is 0.488 e. The summed E-state index contributed by atoms with van der Waals surface area (Å²) in [6, 6.07) is 2.41. The highest BCUT2D eigenvalue weighted by molar-refractivity contribution is 5.40. The van der Waals surface area contributed by atoms with Gasteiger partial charge in [0, 0.05) is 38.9 Å². The molecule has 0 bridgehead atoms. The molecule has 8 nitrogen and oxygen atoms in total. The molecule has 1 N–H and O–H groups in total. The van der Waals surface area contributed by atoms with Gasteiger partial charge in [0.1, 0.15) is 12.4 Å². The summed E-state index contributed by atoms with van der Waals surface area (Å²) in [4.78, 5) is 19.6. The number of rotatable bonds is 7. The molecule has 0 aromatic carbocycles. The van der Waals surface area contributed by atoms with Gasteiger partial charge in [-0.25, -0.2) is 10.1 Å². The topological polar surface area (TPSA) is 83.6 Å². The zero-order valence-electron chi connectivity index (χ0n) is 19.1. The van der Waals surface area contributed by atoms with E-state index in [1.54, 1.807) is 5.10 Å². The minimum atomic E-state index is -4.86. The maximum absolute atomic E-state index is 13.1. The molecule has 2 saturated heterocycles. The molecule has 0 amide bonds. The third kappa shape index (κ3) is 6.46. The molecule has 0 radical (unpaired) electrons. The third-order valence-electron chi connectivity index (χ3n) is 6.26. The maximum Gasteiger partial charge on any atom is 0.425 e. The van der Waals surface area contributed by atoms with E-state index >= 15 is 0 Å². The van der Waals surface area contributed by atoms with Gasteiger partial charge in [0.15, 0.2) is 11.3 Å². The number of H-pyrrole nitrogens is 1. The normalized spacial score (nSPS) is 21.7. The molecular weight excluding hydrogens is 496 g/mol. The van der Waals surface area contributed by atoms with Gasteiger partial charge in [-0.3, -0.25) is 9.69 Å². The van der Waals surface area contributed by atoms with Gasteiger partial charge in [-0.1, -0.05) is 0 Å². The van der Waals surface area contributed by atoms with Gasteiger partial charge in [-0.05, 0) is 31.4 Å². The fourth-order valence-corrected chi connectivity index (χ4v) is 4.33. The van der Waals surface area contributed by atoms with Gasteiger partial charge in [0.2, 0.25) is 0 Å². The van der Waals surface area contributed by atoms with Crippen molar-refractivity contribution in [2.24, 2.45) is 0 Å². The number of piperazine rings is 1. The van der Waals surface area contributed by atoms with E-state index in [-0.39, 0.29) is 12.7 Å². The van der Waals surface area contributed by atoms with Crippen LogP contribution in [-0.4, -0.2) is 71.6 Å². The molecule has 36 heavy (non-hydrogen) atoms. The third-order valence-corrected chi connectivity index (χ3v) is 6.26. The van der Waals surface area contributed by atoms with Crippen molar-refractivity contribution in [1.82, 2.24) is 20.1 Å². The summed E-state index contributed by atoms with van der Waals surface area (Å²) in [5, 5.41) is 5.14. The molecule has 0 spiro atoms. The number of alkyl halides is 6. The van der Waals surface area contributed by atoms with E-state index in [0.717, 1.165) is 50.9 Å². The highest BCUT2D eigenvalue weighted by atomic mass is 19.4. The van der Waals surface area contributed by atoms with E-state index in [0.29, 0.717) is 25.3 Å². The lowest BCUT2D eigenvalue weighted by molar-refractivity contribution is -0.140. The highest BCUT2D eigenvalue weighted by Crippen LogP contribution is 2.33. The Morgan fingerprint density at radius 1 is 1.00 bits per heavy atom. The summed E-state index contributed by atoms with van der Waals surface area (Å²) in [7, 11) is 0. The quantitative estimate of drug-likeness (QED) is 0.560. The fraction of sp³-hybridized carbons (Fsp3) is 0.591. The molecule has 2 aliphatic rings. The van der Waals surface area contributed by atoms with Crippen molar-refractivity contribution in [2.45, 2.75) is 43.8 Å². The number of nitrogens with one attached hydrogen (secondary N) is 1. The minimum absolute atomic E-state index is 0.0624. The lowest BCUT2D eigenvalue weighted by Crippen LogP contribution is -2.47. The van der Waals surface area contributed by atoms with Crippen molar-refractivity contribution in [2.75, 3.05) is 44.2 Å². The van der Waals surface area contributed by atoms with Crippen LogP contribution in [0.2, 0.25) is 0 Å². The van der Waals surface area contributed by atoms with E-state index < -0.39 is 40.9 Å². The van der Waals surface area contributed by atoms with E-state index in [1.165, 1.54) is 6.07 Å². The second-order valence-electron chi connectivity index (χ2n) is 8.72. The molecule has 0 aliphatic carbocycles. The molecule has 0 saturated carbocycles. The van der Waals surface area contributed by atoms with Crippen LogP contribution >= 0.6 is 0 Å². The van der Waals surface area contributed by atoms with Crippen molar-refractivity contribution >= 4 is 5.82 Å². The van der Waals surface area contributed by atoms with Crippen molar-refractivity contribution in [3.63, 3.8) is 0 Å². The molecule has 198 valence electrons. The fourth-order valence-electron chi connectivity index (χ4n) is 4.33. The zero-order valence-corrected chi connectivity index (χ0v) is 19.1. The van der Waals surface area contributed by atoms with Crippen molar-refractivity contribution in [3.05, 3.63) is 46.0 Å². The molecule has 0 unspecified atom stereocenters. The van der Waals surface area contributed by atoms with Crippen molar-refractivity contribution in [3.8, 4) is 5.75 Å². The van der Waals surface area contributed by atoms with Crippen molar-refractivity contribution in [1.29, 1.82) is 0 Å². The highest BCUT2D eigenvalue weighted by Gasteiger charge is 2.39. The second kappa shape index (κ2) is 10.6. The van der Waals surface area contributed by atoms with Crippen molar-refractivity contribution < 1.29 is 35.8 Å². The first-order valence-electron chi connectivity index (χ1n) is 11.4. The van der Waals surface area contributed by atoms with Crippen LogP contribution in [0.3, 0.4) is 0 Å². The molecule has 2 fully saturated rings. The number of nitrogens with zero attached hydrogens (tertiary/aromatic N) is 4. The number of hydrogen-bond acceptors (Lipinski definition) is 7. The Labute approximate surface area is 202 Å². The average molecular weight is 521 g/mol. The van der Waals surface area contributed by atoms with Crippen LogP contribution < -0.4 is 15.2 Å². The average Bonchev–Trinajstić information content (AvgIpc) is 3.28. The van der Waals surface area contributed by atoms with Crippen LogP contribution in [0.25, 0.3) is 0 Å². The summed E-state index contributed by atoms with van der Waals surface area (Å²) >= 11 is 0. The van der Waals surface area contributed by atoms with E-state index in [4.69, 9.17) is 9.47 Å². The number of ether oxygens (including phenoxy) is 2. The number of pyridine rings is 1. The number of anilines is 1. The van der Waals surface area contributed by atoms with Crippen LogP contribution in [-0.2, 0) is 17.1 Å². The first-order valence-corrected chi connectivity index (χ1v) is 11.4. The van der Waals surface area contributed by atoms with Gasteiger partial charge in [0.05, 0.1) is 24.0 Å². The summed E-state index contributed by atoms with van der Waals surface area (Å²) in [6.07, 6.45) is -5.97. The Kier molecular flexibility index (Phi) is 7.73. The van der Waals surface area contributed by atoms with Crippen LogP contribution in [0.1, 0.15) is 30.4 Å². The Morgan fingerprint density at radius 2 is 1.72 bits per heavy atom. The number of halogens is 6. The SMILES string of the molecule is O=c1[nH]ncc(OC[C@@H]2CC[C@@H](CCN3CCN(c4ccc(C(F)(F)F)cn4)CC3)O2)c1C(F)(F)F. The lowest BCUT2D eigenvalue weighted by Gasteiger charge is -2.35. The molecule has 2 aromatic rings. The molecular formula is C22H25F6N5O3. The van der Waals surface area contributed by atoms with Gasteiger partial charge in [0.25, 0.3) is 5.56 Å². The Morgan fingerprint density at radius 3 is 2.36 bits per heavy atom. The minimum Gasteiger partial charge on any atom is -0.488 e.